The minimum atomic E-state index is 0.638. The highest BCUT2D eigenvalue weighted by atomic mass is 32.1. The number of isothiocyanates is 1. The molecule has 18 heavy (non-hydrogen) atoms. The van der Waals surface area contributed by atoms with E-state index in [9.17, 15) is 0 Å². The summed E-state index contributed by atoms with van der Waals surface area (Å²) < 4.78 is 1.07. The molecule has 0 aliphatic heterocycles. The van der Waals surface area contributed by atoms with E-state index in [4.69, 9.17) is 0 Å². The Labute approximate surface area is 112 Å². The van der Waals surface area contributed by atoms with Crippen molar-refractivity contribution in [2.75, 3.05) is 0 Å². The second-order valence-corrected chi connectivity index (χ2v) is 4.66. The minimum Gasteiger partial charge on any atom is -0.234 e. The third kappa shape index (κ3) is 2.04. The molecule has 0 aliphatic rings. The van der Waals surface area contributed by atoms with Crippen molar-refractivity contribution in [3.63, 3.8) is 0 Å². The van der Waals surface area contributed by atoms with E-state index in [2.05, 4.69) is 37.3 Å². The van der Waals surface area contributed by atoms with Gasteiger partial charge in [-0.05, 0) is 36.5 Å². The van der Waals surface area contributed by atoms with Crippen molar-refractivity contribution in [1.29, 1.82) is 0 Å². The zero-order valence-corrected chi connectivity index (χ0v) is 10.7. The van der Waals surface area contributed by atoms with Crippen molar-refractivity contribution >= 4 is 44.6 Å². The molecule has 0 spiro atoms. The molecule has 0 saturated carbocycles. The Hall–Kier alpha value is -2.01. The van der Waals surface area contributed by atoms with E-state index in [0.717, 1.165) is 20.9 Å². The van der Waals surface area contributed by atoms with Gasteiger partial charge in [0.25, 0.3) is 0 Å². The molecule has 3 aromatic rings. The molecule has 3 rings (SSSR count). The Morgan fingerprint density at radius 1 is 1.22 bits per heavy atom. The van der Waals surface area contributed by atoms with Crippen LogP contribution in [0.4, 0.5) is 5.69 Å². The summed E-state index contributed by atoms with van der Waals surface area (Å²) in [4.78, 5) is 16.8. The lowest BCUT2D eigenvalue weighted by Crippen LogP contribution is -1.84. The molecule has 0 saturated heterocycles. The quantitative estimate of drug-likeness (QED) is 0.528. The highest BCUT2D eigenvalue weighted by molar-refractivity contribution is 7.78. The topological polar surface area (TPSA) is 51.0 Å². The summed E-state index contributed by atoms with van der Waals surface area (Å²) in [7, 11) is 0. The van der Waals surface area contributed by atoms with Crippen molar-refractivity contribution in [3.05, 3.63) is 36.7 Å². The highest BCUT2D eigenvalue weighted by Gasteiger charge is 2.08. The van der Waals surface area contributed by atoms with Crippen LogP contribution in [-0.2, 0) is 0 Å². The summed E-state index contributed by atoms with van der Waals surface area (Å²) in [5.41, 5.74) is 1.62. The molecule has 0 atom stereocenters. The van der Waals surface area contributed by atoms with Crippen LogP contribution in [0.25, 0.3) is 21.0 Å². The first-order valence-electron chi connectivity index (χ1n) is 5.13. The van der Waals surface area contributed by atoms with E-state index in [1.54, 1.807) is 29.8 Å². The van der Waals surface area contributed by atoms with Crippen LogP contribution in [0.2, 0.25) is 0 Å². The Morgan fingerprint density at radius 2 is 2.06 bits per heavy atom. The fourth-order valence-corrected chi connectivity index (χ4v) is 2.54. The van der Waals surface area contributed by atoms with E-state index in [1.807, 2.05) is 18.2 Å². The van der Waals surface area contributed by atoms with E-state index in [-0.39, 0.29) is 0 Å². The SMILES string of the molecule is S=C=Nc1ccc2sc(-c3ncccn3)nc2c1. The van der Waals surface area contributed by atoms with Crippen LogP contribution >= 0.6 is 23.6 Å². The second kappa shape index (κ2) is 4.70. The minimum absolute atomic E-state index is 0.638. The summed E-state index contributed by atoms with van der Waals surface area (Å²) in [6, 6.07) is 7.50. The van der Waals surface area contributed by atoms with Gasteiger partial charge in [0.1, 0.15) is 0 Å². The van der Waals surface area contributed by atoms with Gasteiger partial charge in [0, 0.05) is 12.4 Å². The van der Waals surface area contributed by atoms with Crippen LogP contribution in [-0.4, -0.2) is 20.1 Å². The Morgan fingerprint density at radius 3 is 2.83 bits per heavy atom. The molecular formula is C12H6N4S2. The number of nitrogens with zero attached hydrogens (tertiary/aromatic N) is 4. The summed E-state index contributed by atoms with van der Waals surface area (Å²) in [6.45, 7) is 0. The van der Waals surface area contributed by atoms with E-state index >= 15 is 0 Å². The third-order valence-corrected chi connectivity index (χ3v) is 3.43. The Balaban J connectivity index is 2.14. The molecule has 0 amide bonds. The van der Waals surface area contributed by atoms with Crippen molar-refractivity contribution in [2.45, 2.75) is 0 Å². The zero-order valence-electron chi connectivity index (χ0n) is 9.07. The first-order valence-corrected chi connectivity index (χ1v) is 6.35. The predicted molar refractivity (Wildman–Crippen MR) is 75.3 cm³/mol. The number of hydrogen-bond acceptors (Lipinski definition) is 6. The van der Waals surface area contributed by atoms with Crippen LogP contribution in [0.5, 0.6) is 0 Å². The number of thiazole rings is 1. The first kappa shape index (κ1) is 11.1. The number of aliphatic imine (C=N–C) groups is 1. The summed E-state index contributed by atoms with van der Waals surface area (Å²) in [5, 5.41) is 3.15. The normalized spacial score (nSPS) is 10.2. The van der Waals surface area contributed by atoms with Crippen molar-refractivity contribution in [1.82, 2.24) is 15.0 Å². The number of hydrogen-bond donors (Lipinski definition) is 0. The second-order valence-electron chi connectivity index (χ2n) is 3.45. The lowest BCUT2D eigenvalue weighted by Gasteiger charge is -1.90. The molecule has 0 unspecified atom stereocenters. The van der Waals surface area contributed by atoms with Crippen LogP contribution in [0, 0.1) is 0 Å². The largest absolute Gasteiger partial charge is 0.234 e. The lowest BCUT2D eigenvalue weighted by molar-refractivity contribution is 1.17. The van der Waals surface area contributed by atoms with Gasteiger partial charge in [0.2, 0.25) is 0 Å². The van der Waals surface area contributed by atoms with Gasteiger partial charge in [-0.15, -0.1) is 11.3 Å². The fraction of sp³-hybridized carbons (Fsp3) is 0. The van der Waals surface area contributed by atoms with Gasteiger partial charge >= 0.3 is 0 Å². The lowest BCUT2D eigenvalue weighted by atomic mass is 10.3. The smallest absolute Gasteiger partial charge is 0.188 e. The fourth-order valence-electron chi connectivity index (χ4n) is 1.54. The van der Waals surface area contributed by atoms with Crippen molar-refractivity contribution < 1.29 is 0 Å². The predicted octanol–water partition coefficient (Wildman–Crippen LogP) is 3.49. The van der Waals surface area contributed by atoms with Gasteiger partial charge in [-0.1, -0.05) is 0 Å². The Bertz CT molecular complexity index is 745. The maximum Gasteiger partial charge on any atom is 0.188 e. The number of fused-ring (bicyclic) bond motifs is 1. The Kier molecular flexibility index (Phi) is 2.90. The zero-order chi connectivity index (χ0) is 12.4. The maximum absolute atomic E-state index is 4.58. The van der Waals surface area contributed by atoms with E-state index in [1.165, 1.54) is 0 Å². The third-order valence-electron chi connectivity index (χ3n) is 2.30. The molecule has 0 radical (unpaired) electrons. The van der Waals surface area contributed by atoms with Crippen LogP contribution in [0.1, 0.15) is 0 Å². The van der Waals surface area contributed by atoms with Gasteiger partial charge in [0.05, 0.1) is 21.1 Å². The molecular weight excluding hydrogens is 264 g/mol. The van der Waals surface area contributed by atoms with Gasteiger partial charge in [-0.25, -0.2) is 15.0 Å². The number of aromatic nitrogens is 3. The number of thiocarbonyl (C=S) groups is 1. The van der Waals surface area contributed by atoms with Gasteiger partial charge in [-0.3, -0.25) is 0 Å². The molecule has 86 valence electrons. The average Bonchev–Trinajstić information content (AvgIpc) is 2.83. The van der Waals surface area contributed by atoms with Crippen molar-refractivity contribution in [2.24, 2.45) is 4.99 Å². The molecule has 1 aromatic carbocycles. The van der Waals surface area contributed by atoms with Crippen LogP contribution in [0.15, 0.2) is 41.7 Å². The standard InChI is InChI=1S/C12H6N4S2/c17-7-15-8-2-3-10-9(6-8)16-12(18-10)11-13-4-1-5-14-11/h1-6H. The maximum atomic E-state index is 4.58. The first-order chi connectivity index (χ1) is 8.86. The van der Waals surface area contributed by atoms with E-state index in [0.29, 0.717) is 5.82 Å². The number of benzene rings is 1. The monoisotopic (exact) mass is 270 g/mol. The molecule has 6 heteroatoms. The summed E-state index contributed by atoms with van der Waals surface area (Å²) in [6.07, 6.45) is 3.41. The van der Waals surface area contributed by atoms with Gasteiger partial charge in [-0.2, -0.15) is 4.99 Å². The van der Waals surface area contributed by atoms with Gasteiger partial charge < -0.3 is 0 Å². The highest BCUT2D eigenvalue weighted by Crippen LogP contribution is 2.30. The molecule has 4 nitrogen and oxygen atoms in total. The van der Waals surface area contributed by atoms with Crippen LogP contribution in [0.3, 0.4) is 0 Å². The van der Waals surface area contributed by atoms with Crippen molar-refractivity contribution in [3.8, 4) is 10.8 Å². The molecule has 0 aliphatic carbocycles. The molecule has 2 aromatic heterocycles. The average molecular weight is 270 g/mol. The molecule has 2 heterocycles. The van der Waals surface area contributed by atoms with E-state index < -0.39 is 0 Å². The summed E-state index contributed by atoms with van der Waals surface area (Å²) >= 11 is 6.14. The summed E-state index contributed by atoms with van der Waals surface area (Å²) in [5.74, 6) is 0.638. The number of rotatable bonds is 2. The molecule has 0 N–H and O–H groups in total. The van der Waals surface area contributed by atoms with Crippen LogP contribution < -0.4 is 0 Å². The molecule has 0 bridgehead atoms. The van der Waals surface area contributed by atoms with Gasteiger partial charge in [0.15, 0.2) is 10.8 Å². The molecule has 0 fully saturated rings.